The van der Waals surface area contributed by atoms with Crippen molar-refractivity contribution in [3.8, 4) is 5.75 Å². The molecule has 1 aliphatic carbocycles. The van der Waals surface area contributed by atoms with Crippen molar-refractivity contribution in [3.05, 3.63) is 24.1 Å². The van der Waals surface area contributed by atoms with Crippen LogP contribution in [0.4, 0.5) is 4.39 Å². The number of rotatable bonds is 3. The Labute approximate surface area is 105 Å². The lowest BCUT2D eigenvalue weighted by atomic mass is 9.90. The molecule has 1 aromatic carbocycles. The molecule has 3 rings (SSSR count). The maximum absolute atomic E-state index is 13.7. The Balaban J connectivity index is 1.70. The number of aromatic amines is 1. The molecule has 0 bridgehead atoms. The van der Waals surface area contributed by atoms with Crippen LogP contribution in [0, 0.1) is 11.7 Å². The second kappa shape index (κ2) is 4.96. The molecule has 0 amide bonds. The van der Waals surface area contributed by atoms with Gasteiger partial charge in [-0.15, -0.1) is 0 Å². The smallest absolute Gasteiger partial charge is 0.137 e. The summed E-state index contributed by atoms with van der Waals surface area (Å²) in [5, 5.41) is 7.12. The number of nitrogens with zero attached hydrogens (tertiary/aromatic N) is 1. The maximum atomic E-state index is 13.7. The van der Waals surface area contributed by atoms with Gasteiger partial charge in [-0.2, -0.15) is 5.10 Å². The molecule has 1 saturated carbocycles. The molecule has 3 nitrogen and oxygen atoms in total. The van der Waals surface area contributed by atoms with Gasteiger partial charge in [-0.25, -0.2) is 4.39 Å². The molecule has 1 heterocycles. The number of nitrogens with one attached hydrogen (secondary N) is 1. The normalized spacial score (nSPS) is 17.2. The highest BCUT2D eigenvalue weighted by atomic mass is 19.1. The fourth-order valence-corrected chi connectivity index (χ4v) is 2.63. The minimum atomic E-state index is -0.278. The highest BCUT2D eigenvalue weighted by Gasteiger charge is 2.14. The zero-order chi connectivity index (χ0) is 12.4. The van der Waals surface area contributed by atoms with Crippen molar-refractivity contribution in [1.29, 1.82) is 0 Å². The van der Waals surface area contributed by atoms with Gasteiger partial charge in [0.1, 0.15) is 11.6 Å². The third-order valence-corrected chi connectivity index (χ3v) is 3.69. The second-order valence-electron chi connectivity index (χ2n) is 5.05. The summed E-state index contributed by atoms with van der Waals surface area (Å²) in [5.74, 6) is 0.939. The average Bonchev–Trinajstić information content (AvgIpc) is 2.86. The summed E-state index contributed by atoms with van der Waals surface area (Å²) in [7, 11) is 0. The van der Waals surface area contributed by atoms with Crippen LogP contribution in [0.5, 0.6) is 5.75 Å². The van der Waals surface area contributed by atoms with Crippen LogP contribution in [0.25, 0.3) is 10.9 Å². The van der Waals surface area contributed by atoms with E-state index in [1.165, 1.54) is 44.4 Å². The monoisotopic (exact) mass is 248 g/mol. The molecular formula is C14H17FN2O. The second-order valence-corrected chi connectivity index (χ2v) is 5.05. The first kappa shape index (κ1) is 11.5. The lowest BCUT2D eigenvalue weighted by Crippen LogP contribution is -2.15. The summed E-state index contributed by atoms with van der Waals surface area (Å²) in [6.07, 6.45) is 7.88. The van der Waals surface area contributed by atoms with Crippen molar-refractivity contribution in [1.82, 2.24) is 10.2 Å². The zero-order valence-electron chi connectivity index (χ0n) is 10.3. The highest BCUT2D eigenvalue weighted by Crippen LogP contribution is 2.26. The molecule has 2 aromatic rings. The molecule has 1 N–H and O–H groups in total. The van der Waals surface area contributed by atoms with Crippen molar-refractivity contribution in [2.75, 3.05) is 6.61 Å². The van der Waals surface area contributed by atoms with E-state index in [1.54, 1.807) is 0 Å². The van der Waals surface area contributed by atoms with Crippen molar-refractivity contribution >= 4 is 10.9 Å². The molecule has 18 heavy (non-hydrogen) atoms. The predicted molar refractivity (Wildman–Crippen MR) is 68.1 cm³/mol. The summed E-state index contributed by atoms with van der Waals surface area (Å²) in [6.45, 7) is 0.694. The summed E-state index contributed by atoms with van der Waals surface area (Å²) in [5.41, 5.74) is 0.689. The van der Waals surface area contributed by atoms with E-state index in [2.05, 4.69) is 10.2 Å². The Morgan fingerprint density at radius 1 is 1.28 bits per heavy atom. The molecule has 1 fully saturated rings. The van der Waals surface area contributed by atoms with Crippen LogP contribution in [0.1, 0.15) is 32.1 Å². The minimum Gasteiger partial charge on any atom is -0.493 e. The van der Waals surface area contributed by atoms with E-state index in [0.717, 1.165) is 0 Å². The Bertz CT molecular complexity index is 532. The van der Waals surface area contributed by atoms with E-state index < -0.39 is 0 Å². The van der Waals surface area contributed by atoms with Crippen molar-refractivity contribution in [3.63, 3.8) is 0 Å². The van der Waals surface area contributed by atoms with Gasteiger partial charge in [-0.1, -0.05) is 19.3 Å². The van der Waals surface area contributed by atoms with Gasteiger partial charge in [-0.05, 0) is 18.8 Å². The van der Waals surface area contributed by atoms with E-state index in [4.69, 9.17) is 4.74 Å². The first-order valence-electron chi connectivity index (χ1n) is 6.58. The summed E-state index contributed by atoms with van der Waals surface area (Å²) < 4.78 is 19.4. The molecule has 0 saturated heterocycles. The summed E-state index contributed by atoms with van der Waals surface area (Å²) >= 11 is 0. The van der Waals surface area contributed by atoms with Gasteiger partial charge in [0.15, 0.2) is 0 Å². The Morgan fingerprint density at radius 2 is 2.11 bits per heavy atom. The third-order valence-electron chi connectivity index (χ3n) is 3.69. The topological polar surface area (TPSA) is 37.9 Å². The van der Waals surface area contributed by atoms with Crippen LogP contribution < -0.4 is 4.74 Å². The van der Waals surface area contributed by atoms with E-state index in [-0.39, 0.29) is 5.82 Å². The Hall–Kier alpha value is -1.58. The van der Waals surface area contributed by atoms with Gasteiger partial charge >= 0.3 is 0 Å². The van der Waals surface area contributed by atoms with Crippen LogP contribution in [0.2, 0.25) is 0 Å². The Kier molecular flexibility index (Phi) is 3.17. The molecule has 4 heteroatoms. The number of hydrogen-bond acceptors (Lipinski definition) is 2. The summed E-state index contributed by atoms with van der Waals surface area (Å²) in [4.78, 5) is 0. The lowest BCUT2D eigenvalue weighted by Gasteiger charge is -2.21. The average molecular weight is 248 g/mol. The molecule has 1 aliphatic rings. The third kappa shape index (κ3) is 2.33. The number of H-pyrrole nitrogens is 1. The fourth-order valence-electron chi connectivity index (χ4n) is 2.63. The molecule has 0 spiro atoms. The van der Waals surface area contributed by atoms with E-state index in [9.17, 15) is 4.39 Å². The van der Waals surface area contributed by atoms with Crippen LogP contribution in [0.15, 0.2) is 18.3 Å². The molecule has 0 aliphatic heterocycles. The number of ether oxygens (including phenoxy) is 1. The van der Waals surface area contributed by atoms with E-state index in [0.29, 0.717) is 29.2 Å². The van der Waals surface area contributed by atoms with Crippen LogP contribution in [0.3, 0.4) is 0 Å². The first-order chi connectivity index (χ1) is 8.83. The van der Waals surface area contributed by atoms with Crippen molar-refractivity contribution < 1.29 is 9.13 Å². The van der Waals surface area contributed by atoms with Gasteiger partial charge in [-0.3, -0.25) is 5.10 Å². The number of hydrogen-bond donors (Lipinski definition) is 1. The lowest BCUT2D eigenvalue weighted by molar-refractivity contribution is 0.208. The molecule has 0 radical (unpaired) electrons. The van der Waals surface area contributed by atoms with E-state index in [1.807, 2.05) is 6.07 Å². The van der Waals surface area contributed by atoms with E-state index >= 15 is 0 Å². The SMILES string of the molecule is Fc1cc(OCC2CCCCC2)cc2[nH]ncc12. The fraction of sp³-hybridized carbons (Fsp3) is 0.500. The molecule has 0 atom stereocenters. The van der Waals surface area contributed by atoms with Crippen LogP contribution in [-0.2, 0) is 0 Å². The van der Waals surface area contributed by atoms with Gasteiger partial charge in [0.2, 0.25) is 0 Å². The number of halogens is 1. The van der Waals surface area contributed by atoms with Crippen molar-refractivity contribution in [2.45, 2.75) is 32.1 Å². The number of fused-ring (bicyclic) bond motifs is 1. The predicted octanol–water partition coefficient (Wildman–Crippen LogP) is 3.66. The maximum Gasteiger partial charge on any atom is 0.137 e. The highest BCUT2D eigenvalue weighted by molar-refractivity contribution is 5.80. The quantitative estimate of drug-likeness (QED) is 0.900. The van der Waals surface area contributed by atoms with Gasteiger partial charge in [0.05, 0.1) is 23.7 Å². The first-order valence-corrected chi connectivity index (χ1v) is 6.58. The largest absolute Gasteiger partial charge is 0.493 e. The number of benzene rings is 1. The van der Waals surface area contributed by atoms with Gasteiger partial charge < -0.3 is 4.74 Å². The van der Waals surface area contributed by atoms with Crippen LogP contribution >= 0.6 is 0 Å². The van der Waals surface area contributed by atoms with Crippen molar-refractivity contribution in [2.24, 2.45) is 5.92 Å². The van der Waals surface area contributed by atoms with Crippen LogP contribution in [-0.4, -0.2) is 16.8 Å². The molecule has 0 unspecified atom stereocenters. The van der Waals surface area contributed by atoms with Gasteiger partial charge in [0, 0.05) is 12.1 Å². The number of aromatic nitrogens is 2. The molecule has 1 aromatic heterocycles. The minimum absolute atomic E-state index is 0.278. The zero-order valence-corrected chi connectivity index (χ0v) is 10.3. The molecule has 96 valence electrons. The Morgan fingerprint density at radius 3 is 2.94 bits per heavy atom. The standard InChI is InChI=1S/C14H17FN2O/c15-13-6-11(7-14-12(13)8-16-17-14)18-9-10-4-2-1-3-5-10/h6-8,10H,1-5,9H2,(H,16,17). The van der Waals surface area contributed by atoms with Gasteiger partial charge in [0.25, 0.3) is 0 Å². The molecular weight excluding hydrogens is 231 g/mol. The summed E-state index contributed by atoms with van der Waals surface area (Å²) in [6, 6.07) is 3.26.